The maximum absolute atomic E-state index is 13.0. The van der Waals surface area contributed by atoms with Crippen LogP contribution in [0.3, 0.4) is 0 Å². The molecule has 0 spiro atoms. The van der Waals surface area contributed by atoms with Gasteiger partial charge in [-0.15, -0.1) is 0 Å². The van der Waals surface area contributed by atoms with E-state index in [0.717, 1.165) is 6.42 Å². The van der Waals surface area contributed by atoms with Gasteiger partial charge in [-0.3, -0.25) is 4.79 Å². The molecule has 98 valence electrons. The van der Waals surface area contributed by atoms with Crippen molar-refractivity contribution in [2.24, 2.45) is 0 Å². The standard InChI is InChI=1S/C12H13F3N2O/c1-17-10-5-3-2-4-9(10)11(12(13,14)15)8(6-16)7-18/h7,17H,2-5H2,1H3/b11-8+. The molecule has 3 nitrogen and oxygen atoms in total. The third-order valence-electron chi connectivity index (χ3n) is 2.86. The van der Waals surface area contributed by atoms with Gasteiger partial charge in [-0.2, -0.15) is 18.4 Å². The summed E-state index contributed by atoms with van der Waals surface area (Å²) in [4.78, 5) is 10.6. The number of carbonyl (C=O) groups excluding carboxylic acids is 1. The van der Waals surface area contributed by atoms with E-state index in [1.807, 2.05) is 0 Å². The monoisotopic (exact) mass is 258 g/mol. The Kier molecular flexibility index (Phi) is 4.54. The van der Waals surface area contributed by atoms with Gasteiger partial charge in [0.1, 0.15) is 11.6 Å². The molecule has 0 bridgehead atoms. The highest BCUT2D eigenvalue weighted by atomic mass is 19.4. The van der Waals surface area contributed by atoms with Gasteiger partial charge >= 0.3 is 6.18 Å². The van der Waals surface area contributed by atoms with Crippen LogP contribution in [0.2, 0.25) is 0 Å². The Bertz CT molecular complexity index is 441. The molecule has 1 N–H and O–H groups in total. The summed E-state index contributed by atoms with van der Waals surface area (Å²) in [5.41, 5.74) is -1.45. The lowest BCUT2D eigenvalue weighted by Gasteiger charge is -2.24. The van der Waals surface area contributed by atoms with Crippen LogP contribution in [0.5, 0.6) is 0 Å². The SMILES string of the molecule is CNC1=C(/C(=C(/C#N)C=O)C(F)(F)F)CCCC1. The maximum Gasteiger partial charge on any atom is 0.418 e. The van der Waals surface area contributed by atoms with Gasteiger partial charge in [0.05, 0.1) is 5.57 Å². The van der Waals surface area contributed by atoms with Gasteiger partial charge in [0, 0.05) is 12.7 Å². The van der Waals surface area contributed by atoms with Crippen LogP contribution in [-0.2, 0) is 4.79 Å². The number of nitrogens with zero attached hydrogens (tertiary/aromatic N) is 1. The van der Waals surface area contributed by atoms with Crippen LogP contribution in [0.1, 0.15) is 25.7 Å². The third-order valence-corrected chi connectivity index (χ3v) is 2.86. The molecule has 0 fully saturated rings. The first-order valence-electron chi connectivity index (χ1n) is 5.52. The highest BCUT2D eigenvalue weighted by molar-refractivity contribution is 5.82. The van der Waals surface area contributed by atoms with Crippen molar-refractivity contribution in [1.29, 1.82) is 5.26 Å². The van der Waals surface area contributed by atoms with Crippen LogP contribution in [0.15, 0.2) is 22.4 Å². The minimum Gasteiger partial charge on any atom is -0.391 e. The van der Waals surface area contributed by atoms with E-state index in [9.17, 15) is 18.0 Å². The summed E-state index contributed by atoms with van der Waals surface area (Å²) in [5, 5.41) is 11.4. The zero-order valence-corrected chi connectivity index (χ0v) is 9.90. The second kappa shape index (κ2) is 5.71. The largest absolute Gasteiger partial charge is 0.418 e. The molecule has 0 radical (unpaired) electrons. The zero-order valence-electron chi connectivity index (χ0n) is 9.90. The average molecular weight is 258 g/mol. The summed E-state index contributed by atoms with van der Waals surface area (Å²) in [7, 11) is 1.54. The molecule has 18 heavy (non-hydrogen) atoms. The first kappa shape index (κ1) is 14.3. The highest BCUT2D eigenvalue weighted by Crippen LogP contribution is 2.39. The van der Waals surface area contributed by atoms with Crippen LogP contribution in [0.4, 0.5) is 13.2 Å². The lowest BCUT2D eigenvalue weighted by Crippen LogP contribution is -2.23. The number of hydrogen-bond acceptors (Lipinski definition) is 3. The van der Waals surface area contributed by atoms with Crippen molar-refractivity contribution in [1.82, 2.24) is 5.32 Å². The van der Waals surface area contributed by atoms with E-state index in [1.165, 1.54) is 6.07 Å². The number of alkyl halides is 3. The van der Waals surface area contributed by atoms with Gasteiger partial charge in [-0.05, 0) is 31.3 Å². The number of allylic oxidation sites excluding steroid dienone is 4. The molecule has 0 aliphatic heterocycles. The first-order valence-corrected chi connectivity index (χ1v) is 5.52. The van der Waals surface area contributed by atoms with Crippen LogP contribution < -0.4 is 5.32 Å². The van der Waals surface area contributed by atoms with Crippen LogP contribution >= 0.6 is 0 Å². The summed E-state index contributed by atoms with van der Waals surface area (Å²) >= 11 is 0. The smallest absolute Gasteiger partial charge is 0.391 e. The molecule has 1 aliphatic rings. The molecular weight excluding hydrogens is 245 g/mol. The van der Waals surface area contributed by atoms with Crippen molar-refractivity contribution in [3.63, 3.8) is 0 Å². The molecule has 0 aromatic rings. The quantitative estimate of drug-likeness (QED) is 0.481. The van der Waals surface area contributed by atoms with E-state index in [-0.39, 0.29) is 18.3 Å². The lowest BCUT2D eigenvalue weighted by atomic mass is 9.88. The summed E-state index contributed by atoms with van der Waals surface area (Å²) in [6.45, 7) is 0. The first-order chi connectivity index (χ1) is 8.45. The molecule has 1 rings (SSSR count). The topological polar surface area (TPSA) is 52.9 Å². The van der Waals surface area contributed by atoms with Crippen molar-refractivity contribution in [3.8, 4) is 6.07 Å². The van der Waals surface area contributed by atoms with E-state index in [0.29, 0.717) is 18.5 Å². The Morgan fingerprint density at radius 2 is 2.00 bits per heavy atom. The Labute approximate surface area is 103 Å². The van der Waals surface area contributed by atoms with E-state index < -0.39 is 17.3 Å². The molecule has 6 heteroatoms. The number of nitrogens with one attached hydrogen (secondary N) is 1. The van der Waals surface area contributed by atoms with Crippen molar-refractivity contribution >= 4 is 6.29 Å². The average Bonchev–Trinajstić information content (AvgIpc) is 2.34. The summed E-state index contributed by atoms with van der Waals surface area (Å²) in [6.07, 6.45) is -2.57. The van der Waals surface area contributed by atoms with Crippen LogP contribution in [0, 0.1) is 11.3 Å². The molecule has 0 aromatic heterocycles. The Balaban J connectivity index is 3.46. The maximum atomic E-state index is 13.0. The minimum absolute atomic E-state index is 0.0301. The van der Waals surface area contributed by atoms with E-state index in [2.05, 4.69) is 5.32 Å². The summed E-state index contributed by atoms with van der Waals surface area (Å²) in [6, 6.07) is 1.33. The molecule has 0 atom stereocenters. The second-order valence-electron chi connectivity index (χ2n) is 3.93. The molecule has 0 heterocycles. The summed E-state index contributed by atoms with van der Waals surface area (Å²) < 4.78 is 39.0. The normalized spacial score (nSPS) is 17.9. The van der Waals surface area contributed by atoms with E-state index in [4.69, 9.17) is 5.26 Å². The van der Waals surface area contributed by atoms with Crippen molar-refractivity contribution in [2.75, 3.05) is 7.05 Å². The van der Waals surface area contributed by atoms with Gasteiger partial charge in [-0.25, -0.2) is 0 Å². The molecular formula is C12H13F3N2O. The molecule has 0 aromatic carbocycles. The predicted molar refractivity (Wildman–Crippen MR) is 59.3 cm³/mol. The number of nitriles is 1. The molecule has 1 aliphatic carbocycles. The van der Waals surface area contributed by atoms with Crippen LogP contribution in [0.25, 0.3) is 0 Å². The van der Waals surface area contributed by atoms with Gasteiger partial charge in [0.25, 0.3) is 0 Å². The Hall–Kier alpha value is -1.77. The zero-order chi connectivity index (χ0) is 13.8. The van der Waals surface area contributed by atoms with Gasteiger partial charge in [0.15, 0.2) is 6.29 Å². The van der Waals surface area contributed by atoms with E-state index >= 15 is 0 Å². The fraction of sp³-hybridized carbons (Fsp3) is 0.500. The molecule has 0 unspecified atom stereocenters. The van der Waals surface area contributed by atoms with E-state index in [1.54, 1.807) is 7.05 Å². The number of aldehydes is 1. The fourth-order valence-electron chi connectivity index (χ4n) is 2.08. The Morgan fingerprint density at radius 1 is 1.39 bits per heavy atom. The number of hydrogen-bond donors (Lipinski definition) is 1. The molecule has 0 saturated heterocycles. The van der Waals surface area contributed by atoms with Gasteiger partial charge in [0.2, 0.25) is 0 Å². The number of carbonyl (C=O) groups is 1. The number of rotatable bonds is 3. The predicted octanol–water partition coefficient (Wildman–Crippen LogP) is 2.62. The second-order valence-corrected chi connectivity index (χ2v) is 3.93. The van der Waals surface area contributed by atoms with Crippen molar-refractivity contribution in [2.45, 2.75) is 31.9 Å². The minimum atomic E-state index is -4.69. The van der Waals surface area contributed by atoms with Gasteiger partial charge < -0.3 is 5.32 Å². The molecule has 0 saturated carbocycles. The Morgan fingerprint density at radius 3 is 2.44 bits per heavy atom. The van der Waals surface area contributed by atoms with Crippen molar-refractivity contribution < 1.29 is 18.0 Å². The van der Waals surface area contributed by atoms with Crippen LogP contribution in [-0.4, -0.2) is 19.5 Å². The fourth-order valence-corrected chi connectivity index (χ4v) is 2.08. The molecule has 0 amide bonds. The van der Waals surface area contributed by atoms with Gasteiger partial charge in [-0.1, -0.05) is 0 Å². The van der Waals surface area contributed by atoms with Crippen molar-refractivity contribution in [3.05, 3.63) is 22.4 Å². The number of halogens is 3. The lowest BCUT2D eigenvalue weighted by molar-refractivity contribution is -0.107. The summed E-state index contributed by atoms with van der Waals surface area (Å²) in [5.74, 6) is 0. The third kappa shape index (κ3) is 2.92. The highest BCUT2D eigenvalue weighted by Gasteiger charge is 2.40.